The molecule has 0 saturated heterocycles. The number of rotatable bonds is 25. The highest BCUT2D eigenvalue weighted by molar-refractivity contribution is 5.71. The van der Waals surface area contributed by atoms with E-state index < -0.39 is 5.60 Å². The first-order valence-corrected chi connectivity index (χ1v) is 11.4. The lowest BCUT2D eigenvalue weighted by molar-refractivity contribution is -0.160. The molecule has 0 aliphatic heterocycles. The zero-order valence-corrected chi connectivity index (χ0v) is 20.7. The third kappa shape index (κ3) is 28.9. The molecule has 0 rings (SSSR count). The third-order valence-electron chi connectivity index (χ3n) is 3.48. The summed E-state index contributed by atoms with van der Waals surface area (Å²) < 4.78 is 47.8. The van der Waals surface area contributed by atoms with E-state index in [9.17, 15) is 4.79 Å². The van der Waals surface area contributed by atoms with Crippen LogP contribution in [0.2, 0.25) is 0 Å². The van der Waals surface area contributed by atoms with Crippen molar-refractivity contribution < 1.29 is 47.4 Å². The molecule has 0 aliphatic carbocycles. The van der Waals surface area contributed by atoms with Gasteiger partial charge in [-0.25, -0.2) is 4.79 Å². The Morgan fingerprint density at radius 3 is 1.18 bits per heavy atom. The Morgan fingerprint density at radius 2 is 0.879 bits per heavy atom. The summed E-state index contributed by atoms with van der Waals surface area (Å²) in [5.74, 6) is -0.382. The summed E-state index contributed by atoms with van der Waals surface area (Å²) in [5, 5.41) is 0. The van der Waals surface area contributed by atoms with Crippen LogP contribution in [0.25, 0.3) is 0 Å². The van der Waals surface area contributed by atoms with Crippen molar-refractivity contribution in [3.63, 3.8) is 0 Å². The maximum Gasteiger partial charge on any atom is 0.332 e. The van der Waals surface area contributed by atoms with Crippen LogP contribution in [0, 0.1) is 0 Å². The van der Waals surface area contributed by atoms with Crippen LogP contribution < -0.4 is 0 Å². The van der Waals surface area contributed by atoms with Gasteiger partial charge in [-0.15, -0.1) is 6.58 Å². The fourth-order valence-electron chi connectivity index (χ4n) is 2.13. The van der Waals surface area contributed by atoms with Crippen molar-refractivity contribution >= 4 is 5.97 Å². The maximum atomic E-state index is 11.4. The first kappa shape index (κ1) is 31.9. The largest absolute Gasteiger partial charge is 0.458 e. The van der Waals surface area contributed by atoms with Crippen molar-refractivity contribution in [1.82, 2.24) is 0 Å². The molecule has 0 spiro atoms. The van der Waals surface area contributed by atoms with Gasteiger partial charge in [0.25, 0.3) is 0 Å². The average molecular weight is 481 g/mol. The smallest absolute Gasteiger partial charge is 0.332 e. The van der Waals surface area contributed by atoms with Gasteiger partial charge in [0.2, 0.25) is 0 Å². The van der Waals surface area contributed by atoms with Gasteiger partial charge in [-0.2, -0.15) is 0 Å². The van der Waals surface area contributed by atoms with Gasteiger partial charge in [-0.3, -0.25) is 0 Å². The number of esters is 1. The molecule has 0 radical (unpaired) electrons. The van der Waals surface area contributed by atoms with Gasteiger partial charge < -0.3 is 42.6 Å². The van der Waals surface area contributed by atoms with Crippen LogP contribution in [-0.4, -0.2) is 117 Å². The molecule has 10 nitrogen and oxygen atoms in total. The molecule has 0 saturated carbocycles. The van der Waals surface area contributed by atoms with E-state index in [2.05, 4.69) is 6.58 Å². The molecule has 0 fully saturated rings. The highest BCUT2D eigenvalue weighted by atomic mass is 16.6. The lowest BCUT2D eigenvalue weighted by Gasteiger charge is -2.19. The summed E-state index contributed by atoms with van der Waals surface area (Å²) in [5.41, 5.74) is -0.502. The first-order valence-electron chi connectivity index (χ1n) is 11.4. The SMILES string of the molecule is C=CCOCCOCCOCCOCCOCCOCCOCCOCC(=O)OC(C)(C)C. The molecule has 0 amide bonds. The van der Waals surface area contributed by atoms with Crippen molar-refractivity contribution in [2.75, 3.05) is 106 Å². The Balaban J connectivity index is 3.10. The zero-order chi connectivity index (χ0) is 24.5. The van der Waals surface area contributed by atoms with E-state index in [1.54, 1.807) is 6.08 Å². The lowest BCUT2D eigenvalue weighted by atomic mass is 10.2. The highest BCUT2D eigenvalue weighted by Gasteiger charge is 2.15. The average Bonchev–Trinajstić information content (AvgIpc) is 2.75. The van der Waals surface area contributed by atoms with Gasteiger partial charge in [0.1, 0.15) is 12.2 Å². The molecular formula is C23H44O10. The molecule has 0 N–H and O–H groups in total. The molecule has 0 aromatic carbocycles. The molecule has 0 aromatic rings. The van der Waals surface area contributed by atoms with Crippen molar-refractivity contribution in [2.45, 2.75) is 26.4 Å². The third-order valence-corrected chi connectivity index (χ3v) is 3.48. The van der Waals surface area contributed by atoms with Crippen LogP contribution in [0.4, 0.5) is 0 Å². The second-order valence-corrected chi connectivity index (χ2v) is 7.68. The molecule has 0 aliphatic rings. The van der Waals surface area contributed by atoms with Crippen molar-refractivity contribution in [3.8, 4) is 0 Å². The van der Waals surface area contributed by atoms with Crippen LogP contribution in [0.5, 0.6) is 0 Å². The highest BCUT2D eigenvalue weighted by Crippen LogP contribution is 2.06. The molecule has 0 bridgehead atoms. The van der Waals surface area contributed by atoms with E-state index in [1.807, 2.05) is 20.8 Å². The summed E-state index contributed by atoms with van der Waals surface area (Å²) >= 11 is 0. The van der Waals surface area contributed by atoms with Gasteiger partial charge in [0.05, 0.1) is 99.1 Å². The first-order chi connectivity index (χ1) is 16.0. The number of hydrogen-bond donors (Lipinski definition) is 0. The van der Waals surface area contributed by atoms with E-state index in [1.165, 1.54) is 0 Å². The van der Waals surface area contributed by atoms with Gasteiger partial charge >= 0.3 is 5.97 Å². The number of ether oxygens (including phenoxy) is 9. The minimum absolute atomic E-state index is 0.0761. The Bertz CT molecular complexity index is 439. The number of carbonyl (C=O) groups excluding carboxylic acids is 1. The summed E-state index contributed by atoms with van der Waals surface area (Å²) in [6, 6.07) is 0. The van der Waals surface area contributed by atoms with E-state index in [0.717, 1.165) is 0 Å². The second kappa shape index (κ2) is 24.0. The summed E-state index contributed by atoms with van der Waals surface area (Å²) in [6.07, 6.45) is 1.71. The summed E-state index contributed by atoms with van der Waals surface area (Å²) in [4.78, 5) is 11.4. The quantitative estimate of drug-likeness (QED) is 0.109. The normalized spacial score (nSPS) is 11.6. The maximum absolute atomic E-state index is 11.4. The summed E-state index contributed by atoms with van der Waals surface area (Å²) in [6.45, 7) is 16.3. The van der Waals surface area contributed by atoms with Gasteiger partial charge in [0.15, 0.2) is 0 Å². The molecule has 0 aromatic heterocycles. The molecule has 10 heteroatoms. The van der Waals surface area contributed by atoms with Gasteiger partial charge in [-0.1, -0.05) is 6.08 Å². The topological polar surface area (TPSA) is 100 Å². The molecule has 33 heavy (non-hydrogen) atoms. The summed E-state index contributed by atoms with van der Waals surface area (Å²) in [7, 11) is 0. The van der Waals surface area contributed by atoms with Crippen molar-refractivity contribution in [2.24, 2.45) is 0 Å². The fourth-order valence-corrected chi connectivity index (χ4v) is 2.13. The van der Waals surface area contributed by atoms with Crippen LogP contribution in [0.3, 0.4) is 0 Å². The van der Waals surface area contributed by atoms with E-state index in [4.69, 9.17) is 42.6 Å². The Morgan fingerprint density at radius 1 is 0.576 bits per heavy atom. The van der Waals surface area contributed by atoms with Crippen LogP contribution in [0.1, 0.15) is 20.8 Å². The monoisotopic (exact) mass is 480 g/mol. The molecule has 0 heterocycles. The van der Waals surface area contributed by atoms with Gasteiger partial charge in [-0.05, 0) is 20.8 Å². The molecule has 0 atom stereocenters. The van der Waals surface area contributed by atoms with Crippen LogP contribution >= 0.6 is 0 Å². The predicted octanol–water partition coefficient (Wildman–Crippen LogP) is 1.65. The lowest BCUT2D eigenvalue weighted by Crippen LogP contribution is -2.27. The van der Waals surface area contributed by atoms with E-state index in [0.29, 0.717) is 99.1 Å². The standard InChI is InChI=1S/C23H44O10/c1-5-6-25-7-8-26-9-10-27-11-12-28-13-14-29-15-16-30-17-18-31-19-20-32-21-22(24)33-23(2,3)4/h5H,1,6-21H2,2-4H3. The zero-order valence-electron chi connectivity index (χ0n) is 20.7. The fraction of sp³-hybridized carbons (Fsp3) is 0.870. The molecular weight excluding hydrogens is 436 g/mol. The Labute approximate surface area is 198 Å². The molecule has 0 unspecified atom stereocenters. The molecule has 196 valence electrons. The predicted molar refractivity (Wildman–Crippen MR) is 123 cm³/mol. The van der Waals surface area contributed by atoms with E-state index >= 15 is 0 Å². The van der Waals surface area contributed by atoms with E-state index in [-0.39, 0.29) is 12.6 Å². The van der Waals surface area contributed by atoms with Crippen molar-refractivity contribution in [1.29, 1.82) is 0 Å². The Hall–Kier alpha value is -1.11. The van der Waals surface area contributed by atoms with Gasteiger partial charge in [0, 0.05) is 0 Å². The van der Waals surface area contributed by atoms with Crippen molar-refractivity contribution in [3.05, 3.63) is 12.7 Å². The van der Waals surface area contributed by atoms with Crippen LogP contribution in [-0.2, 0) is 47.4 Å². The Kier molecular flexibility index (Phi) is 23.2. The second-order valence-electron chi connectivity index (χ2n) is 7.68. The minimum Gasteiger partial charge on any atom is -0.458 e. The number of carbonyl (C=O) groups is 1. The van der Waals surface area contributed by atoms with Crippen LogP contribution in [0.15, 0.2) is 12.7 Å². The minimum atomic E-state index is -0.502. The number of hydrogen-bond acceptors (Lipinski definition) is 10.